The Hall–Kier alpha value is -1.08. The van der Waals surface area contributed by atoms with Crippen LogP contribution in [0.25, 0.3) is 0 Å². The lowest BCUT2D eigenvalue weighted by atomic mass is 10.4. The smallest absolute Gasteiger partial charge is 0.224 e. The summed E-state index contributed by atoms with van der Waals surface area (Å²) in [6.07, 6.45) is 2.20. The molecule has 1 saturated heterocycles. The summed E-state index contributed by atoms with van der Waals surface area (Å²) in [4.78, 5) is 10.5. The average molecular weight is 299 g/mol. The van der Waals surface area contributed by atoms with Gasteiger partial charge in [-0.15, -0.1) is 0 Å². The number of hydrogen-bond donors (Lipinski definition) is 2. The molecule has 20 heavy (non-hydrogen) atoms. The summed E-state index contributed by atoms with van der Waals surface area (Å²) in [5, 5.41) is 6.12. The first-order chi connectivity index (χ1) is 9.79. The van der Waals surface area contributed by atoms with Crippen LogP contribution in [0.2, 0.25) is 0 Å². The Labute approximate surface area is 123 Å². The number of rotatable bonds is 7. The third-order valence-electron chi connectivity index (χ3n) is 3.10. The quantitative estimate of drug-likeness (QED) is 0.802. The van der Waals surface area contributed by atoms with E-state index in [9.17, 15) is 4.39 Å². The van der Waals surface area contributed by atoms with Crippen molar-refractivity contribution in [1.82, 2.24) is 14.9 Å². The van der Waals surface area contributed by atoms with Gasteiger partial charge in [0.25, 0.3) is 0 Å². The van der Waals surface area contributed by atoms with Crippen LogP contribution in [-0.4, -0.2) is 59.1 Å². The largest absolute Gasteiger partial charge is 0.366 e. The molecular weight excluding hydrogens is 277 g/mol. The molecule has 1 fully saturated rings. The molecule has 7 heteroatoms. The first-order valence-corrected chi connectivity index (χ1v) is 8.25. The molecule has 0 atom stereocenters. The fourth-order valence-corrected chi connectivity index (χ4v) is 2.95. The van der Waals surface area contributed by atoms with Gasteiger partial charge in [-0.1, -0.05) is 6.92 Å². The van der Waals surface area contributed by atoms with Crippen LogP contribution >= 0.6 is 11.8 Å². The molecule has 0 amide bonds. The van der Waals surface area contributed by atoms with Crippen LogP contribution < -0.4 is 10.6 Å². The molecule has 0 bridgehead atoms. The van der Waals surface area contributed by atoms with Gasteiger partial charge in [0.15, 0.2) is 11.6 Å². The van der Waals surface area contributed by atoms with Gasteiger partial charge in [-0.05, 0) is 6.42 Å². The Kier molecular flexibility index (Phi) is 6.32. The predicted octanol–water partition coefficient (Wildman–Crippen LogP) is 1.90. The molecule has 1 aliphatic rings. The molecule has 0 unspecified atom stereocenters. The van der Waals surface area contributed by atoms with Crippen LogP contribution in [0.3, 0.4) is 0 Å². The summed E-state index contributed by atoms with van der Waals surface area (Å²) in [5.74, 6) is 2.73. The first kappa shape index (κ1) is 15.3. The summed E-state index contributed by atoms with van der Waals surface area (Å²) in [5.41, 5.74) is 0. The van der Waals surface area contributed by atoms with Crippen LogP contribution in [0.15, 0.2) is 6.20 Å². The molecule has 0 aromatic carbocycles. The molecule has 0 aliphatic carbocycles. The lowest BCUT2D eigenvalue weighted by Gasteiger charge is -2.26. The van der Waals surface area contributed by atoms with Crippen molar-refractivity contribution in [3.05, 3.63) is 12.0 Å². The van der Waals surface area contributed by atoms with Crippen LogP contribution in [0.4, 0.5) is 16.2 Å². The first-order valence-electron chi connectivity index (χ1n) is 7.10. The van der Waals surface area contributed by atoms with E-state index < -0.39 is 5.82 Å². The van der Waals surface area contributed by atoms with E-state index in [2.05, 4.69) is 32.4 Å². The van der Waals surface area contributed by atoms with Gasteiger partial charge in [-0.3, -0.25) is 4.90 Å². The SMILES string of the molecule is CCCNc1ncc(F)c(NCCN2CCSCC2)n1. The number of hydrogen-bond acceptors (Lipinski definition) is 6. The third-order valence-corrected chi connectivity index (χ3v) is 4.04. The van der Waals surface area contributed by atoms with Crippen LogP contribution in [-0.2, 0) is 0 Å². The van der Waals surface area contributed by atoms with Crippen molar-refractivity contribution in [3.8, 4) is 0 Å². The normalized spacial score (nSPS) is 16.1. The molecule has 1 aliphatic heterocycles. The Morgan fingerprint density at radius 3 is 2.85 bits per heavy atom. The van der Waals surface area contributed by atoms with Gasteiger partial charge in [0, 0.05) is 44.2 Å². The number of anilines is 2. The number of nitrogens with zero attached hydrogens (tertiary/aromatic N) is 3. The van der Waals surface area contributed by atoms with Gasteiger partial charge in [0.1, 0.15) is 0 Å². The van der Waals surface area contributed by atoms with Gasteiger partial charge in [0.05, 0.1) is 6.20 Å². The van der Waals surface area contributed by atoms with E-state index in [-0.39, 0.29) is 5.82 Å². The van der Waals surface area contributed by atoms with E-state index in [0.717, 1.165) is 32.6 Å². The summed E-state index contributed by atoms with van der Waals surface area (Å²) >= 11 is 1.99. The molecule has 5 nitrogen and oxygen atoms in total. The highest BCUT2D eigenvalue weighted by Crippen LogP contribution is 2.12. The third kappa shape index (κ3) is 4.79. The number of aromatic nitrogens is 2. The fraction of sp³-hybridized carbons (Fsp3) is 0.692. The van der Waals surface area contributed by atoms with Crippen molar-refractivity contribution >= 4 is 23.5 Å². The molecule has 0 spiro atoms. The minimum atomic E-state index is -0.402. The highest BCUT2D eigenvalue weighted by Gasteiger charge is 2.11. The summed E-state index contributed by atoms with van der Waals surface area (Å²) in [7, 11) is 0. The summed E-state index contributed by atoms with van der Waals surface area (Å²) in [6, 6.07) is 0. The number of thioether (sulfide) groups is 1. The van der Waals surface area contributed by atoms with Gasteiger partial charge >= 0.3 is 0 Å². The Bertz CT molecular complexity index is 412. The lowest BCUT2D eigenvalue weighted by molar-refractivity contribution is 0.314. The van der Waals surface area contributed by atoms with E-state index in [0.29, 0.717) is 12.5 Å². The van der Waals surface area contributed by atoms with Crippen LogP contribution in [0, 0.1) is 5.82 Å². The summed E-state index contributed by atoms with van der Waals surface area (Å²) < 4.78 is 13.6. The maximum atomic E-state index is 13.6. The number of nitrogens with one attached hydrogen (secondary N) is 2. The van der Waals surface area contributed by atoms with Crippen molar-refractivity contribution in [2.75, 3.05) is 54.9 Å². The zero-order valence-corrected chi connectivity index (χ0v) is 12.7. The van der Waals surface area contributed by atoms with E-state index >= 15 is 0 Å². The van der Waals surface area contributed by atoms with Crippen molar-refractivity contribution in [1.29, 1.82) is 0 Å². The molecule has 2 heterocycles. The molecule has 0 radical (unpaired) electrons. The standard InChI is InChI=1S/C13H22FN5S/c1-2-3-16-13-17-10-11(14)12(18-13)15-4-5-19-6-8-20-9-7-19/h10H,2-9H2,1H3,(H2,15,16,17,18). The van der Waals surface area contributed by atoms with Gasteiger partial charge in [0.2, 0.25) is 5.95 Å². The molecule has 2 N–H and O–H groups in total. The topological polar surface area (TPSA) is 53.1 Å². The van der Waals surface area contributed by atoms with Crippen molar-refractivity contribution in [2.45, 2.75) is 13.3 Å². The minimum absolute atomic E-state index is 0.282. The molecule has 0 saturated carbocycles. The zero-order valence-electron chi connectivity index (χ0n) is 11.9. The van der Waals surface area contributed by atoms with Crippen molar-refractivity contribution in [2.24, 2.45) is 0 Å². The van der Waals surface area contributed by atoms with E-state index in [1.807, 2.05) is 11.8 Å². The Morgan fingerprint density at radius 1 is 1.30 bits per heavy atom. The highest BCUT2D eigenvalue weighted by atomic mass is 32.2. The molecule has 1 aromatic rings. The predicted molar refractivity (Wildman–Crippen MR) is 83.0 cm³/mol. The van der Waals surface area contributed by atoms with E-state index in [1.54, 1.807) is 0 Å². The zero-order chi connectivity index (χ0) is 14.2. The fourth-order valence-electron chi connectivity index (χ4n) is 1.97. The molecule has 2 rings (SSSR count). The van der Waals surface area contributed by atoms with E-state index in [1.165, 1.54) is 17.7 Å². The van der Waals surface area contributed by atoms with Crippen LogP contribution in [0.5, 0.6) is 0 Å². The monoisotopic (exact) mass is 299 g/mol. The van der Waals surface area contributed by atoms with Gasteiger partial charge in [-0.25, -0.2) is 9.37 Å². The van der Waals surface area contributed by atoms with Gasteiger partial charge < -0.3 is 10.6 Å². The average Bonchev–Trinajstić information content (AvgIpc) is 2.49. The second-order valence-electron chi connectivity index (χ2n) is 4.70. The second kappa shape index (κ2) is 8.26. The van der Waals surface area contributed by atoms with Crippen molar-refractivity contribution in [3.63, 3.8) is 0 Å². The highest BCUT2D eigenvalue weighted by molar-refractivity contribution is 7.99. The van der Waals surface area contributed by atoms with Crippen LogP contribution in [0.1, 0.15) is 13.3 Å². The van der Waals surface area contributed by atoms with Gasteiger partial charge in [-0.2, -0.15) is 16.7 Å². The minimum Gasteiger partial charge on any atom is -0.366 e. The maximum absolute atomic E-state index is 13.6. The Balaban J connectivity index is 1.81. The maximum Gasteiger partial charge on any atom is 0.224 e. The molecular formula is C13H22FN5S. The lowest BCUT2D eigenvalue weighted by Crippen LogP contribution is -2.36. The molecule has 1 aromatic heterocycles. The number of halogens is 1. The second-order valence-corrected chi connectivity index (χ2v) is 5.92. The Morgan fingerprint density at radius 2 is 2.10 bits per heavy atom. The van der Waals surface area contributed by atoms with Crippen molar-refractivity contribution < 1.29 is 4.39 Å². The molecule has 112 valence electrons. The van der Waals surface area contributed by atoms with E-state index in [4.69, 9.17) is 0 Å². The summed E-state index contributed by atoms with van der Waals surface area (Å²) in [6.45, 7) is 6.69.